The lowest BCUT2D eigenvalue weighted by atomic mass is 9.84. The molecule has 3 N–H and O–H groups in total. The first-order valence-electron chi connectivity index (χ1n) is 14.1. The number of pyridine rings is 1. The van der Waals surface area contributed by atoms with Crippen molar-refractivity contribution in [1.82, 2.24) is 16.0 Å². The first-order chi connectivity index (χ1) is 17.9. The Balaban J connectivity index is 0.00000130. The van der Waals surface area contributed by atoms with Gasteiger partial charge in [-0.3, -0.25) is 9.78 Å². The number of likely N-dealkylation sites (tertiary alicyclic amines) is 1. The number of fused-ring (bicyclic) bond motifs is 1. The average Bonchev–Trinajstić information content (AvgIpc) is 3.41. The third-order valence-corrected chi connectivity index (χ3v) is 7.81. The molecule has 3 aromatic rings. The molecule has 2 aliphatic rings. The molecule has 38 heavy (non-hydrogen) atoms. The summed E-state index contributed by atoms with van der Waals surface area (Å²) in [7, 11) is 0. The Labute approximate surface area is 229 Å². The number of hydrogen-bond acceptors (Lipinski definition) is 3. The number of aromatic nitrogens is 1. The quantitative estimate of drug-likeness (QED) is 0.381. The lowest BCUT2D eigenvalue weighted by molar-refractivity contribution is 0.0793. The van der Waals surface area contributed by atoms with E-state index in [4.69, 9.17) is 0 Å². The number of nitrogens with zero attached hydrogens (tertiary/aromatic N) is 2. The van der Waals surface area contributed by atoms with Crippen LogP contribution in [0.3, 0.4) is 0 Å². The summed E-state index contributed by atoms with van der Waals surface area (Å²) in [5, 5.41) is 0. The molecule has 2 aromatic carbocycles. The van der Waals surface area contributed by atoms with Crippen molar-refractivity contribution in [2.24, 2.45) is 5.92 Å². The van der Waals surface area contributed by atoms with Crippen LogP contribution < -0.4 is 6.15 Å². The number of carbonyl (C=O) groups excluding carboxylic acids is 1. The van der Waals surface area contributed by atoms with Gasteiger partial charge >= 0.3 is 0 Å². The molecule has 1 aromatic heterocycles. The number of rotatable bonds is 4. The molecule has 0 spiro atoms. The SMILES string of the molecule is CC.CCC1CCc2cc(-c3cccc(C(=O)N4CCCC4)c3)ccc2C(C)=C1c1cc(C)nc(C)c1.N. The van der Waals surface area contributed by atoms with E-state index >= 15 is 0 Å². The normalized spacial score (nSPS) is 16.7. The molecule has 4 nitrogen and oxygen atoms in total. The fraction of sp³-hybridized carbons (Fsp3) is 0.412. The van der Waals surface area contributed by atoms with Gasteiger partial charge in [0, 0.05) is 30.0 Å². The third-order valence-electron chi connectivity index (χ3n) is 7.81. The number of hydrogen-bond donors (Lipinski definition) is 1. The Kier molecular flexibility index (Phi) is 10.0. The zero-order chi connectivity index (χ0) is 26.5. The molecule has 2 heterocycles. The van der Waals surface area contributed by atoms with E-state index in [2.05, 4.69) is 75.1 Å². The van der Waals surface area contributed by atoms with Crippen molar-refractivity contribution in [1.29, 1.82) is 0 Å². The third kappa shape index (κ3) is 6.07. The maximum atomic E-state index is 13.0. The van der Waals surface area contributed by atoms with Crippen molar-refractivity contribution in [2.45, 2.75) is 73.6 Å². The highest BCUT2D eigenvalue weighted by atomic mass is 16.2. The molecule has 202 valence electrons. The fourth-order valence-corrected chi connectivity index (χ4v) is 6.06. The standard InChI is InChI=1S/C32H36N2O.C2H6.H3N/c1-5-24-11-12-27-19-26(25-9-8-10-28(20-25)32(35)34-15-6-7-16-34)13-14-30(27)23(4)31(24)29-17-21(2)33-22(3)18-29;1-2;/h8-10,13-14,17-20,24H,5-7,11-12,15-16H2,1-4H3;1-2H3;1H3. The Morgan fingerprint density at radius 3 is 2.21 bits per heavy atom. The summed E-state index contributed by atoms with van der Waals surface area (Å²) in [6, 6.07) is 19.6. The number of aryl methyl sites for hydroxylation is 3. The Hall–Kier alpha value is -3.24. The van der Waals surface area contributed by atoms with Gasteiger partial charge in [0.25, 0.3) is 5.91 Å². The van der Waals surface area contributed by atoms with Crippen molar-refractivity contribution >= 4 is 17.1 Å². The van der Waals surface area contributed by atoms with Gasteiger partial charge < -0.3 is 11.1 Å². The predicted octanol–water partition coefficient (Wildman–Crippen LogP) is 8.69. The Morgan fingerprint density at radius 1 is 0.895 bits per heavy atom. The van der Waals surface area contributed by atoms with Gasteiger partial charge in [0.2, 0.25) is 0 Å². The van der Waals surface area contributed by atoms with Crippen LogP contribution in [0.1, 0.15) is 91.8 Å². The highest BCUT2D eigenvalue weighted by molar-refractivity contribution is 5.96. The van der Waals surface area contributed by atoms with Crippen LogP contribution in [0.15, 0.2) is 54.6 Å². The summed E-state index contributed by atoms with van der Waals surface area (Å²) < 4.78 is 0. The molecule has 1 aliphatic carbocycles. The van der Waals surface area contributed by atoms with E-state index < -0.39 is 0 Å². The number of amides is 1. The van der Waals surface area contributed by atoms with Crippen LogP contribution >= 0.6 is 0 Å². The zero-order valence-electron chi connectivity index (χ0n) is 24.2. The highest BCUT2D eigenvalue weighted by Crippen LogP contribution is 2.41. The summed E-state index contributed by atoms with van der Waals surface area (Å²) >= 11 is 0. The Bertz CT molecular complexity index is 1280. The van der Waals surface area contributed by atoms with Gasteiger partial charge in [-0.25, -0.2) is 0 Å². The molecule has 0 saturated carbocycles. The van der Waals surface area contributed by atoms with Gasteiger partial charge in [0.15, 0.2) is 0 Å². The molecular weight excluding hydrogens is 466 g/mol. The molecule has 1 aliphatic heterocycles. The van der Waals surface area contributed by atoms with Gasteiger partial charge in [-0.05, 0) is 122 Å². The maximum Gasteiger partial charge on any atom is 0.253 e. The summed E-state index contributed by atoms with van der Waals surface area (Å²) in [6.45, 7) is 14.5. The van der Waals surface area contributed by atoms with Crippen LogP contribution in [-0.2, 0) is 6.42 Å². The van der Waals surface area contributed by atoms with Crippen LogP contribution in [-0.4, -0.2) is 28.9 Å². The van der Waals surface area contributed by atoms with Gasteiger partial charge in [-0.1, -0.05) is 51.1 Å². The molecule has 1 amide bonds. The summed E-state index contributed by atoms with van der Waals surface area (Å²) in [6.07, 6.45) is 5.57. The van der Waals surface area contributed by atoms with Crippen molar-refractivity contribution in [3.05, 3.63) is 88.2 Å². The van der Waals surface area contributed by atoms with Gasteiger partial charge in [0.05, 0.1) is 0 Å². The summed E-state index contributed by atoms with van der Waals surface area (Å²) in [5.41, 5.74) is 12.2. The monoisotopic (exact) mass is 511 g/mol. The van der Waals surface area contributed by atoms with Crippen LogP contribution in [0, 0.1) is 19.8 Å². The topological polar surface area (TPSA) is 68.2 Å². The summed E-state index contributed by atoms with van der Waals surface area (Å²) in [4.78, 5) is 19.6. The zero-order valence-corrected chi connectivity index (χ0v) is 24.2. The van der Waals surface area contributed by atoms with Crippen LogP contribution in [0.25, 0.3) is 22.3 Å². The van der Waals surface area contributed by atoms with E-state index in [1.807, 2.05) is 30.9 Å². The average molecular weight is 512 g/mol. The van der Waals surface area contributed by atoms with E-state index in [0.717, 1.165) is 67.7 Å². The molecular formula is C34H45N3O. The van der Waals surface area contributed by atoms with Crippen LogP contribution in [0.4, 0.5) is 0 Å². The molecule has 5 rings (SSSR count). The smallest absolute Gasteiger partial charge is 0.253 e. The van der Waals surface area contributed by atoms with E-state index in [9.17, 15) is 4.79 Å². The minimum Gasteiger partial charge on any atom is -0.344 e. The van der Waals surface area contributed by atoms with Crippen LogP contribution in [0.2, 0.25) is 0 Å². The van der Waals surface area contributed by atoms with E-state index in [-0.39, 0.29) is 12.1 Å². The van der Waals surface area contributed by atoms with Crippen molar-refractivity contribution < 1.29 is 4.79 Å². The van der Waals surface area contributed by atoms with Crippen molar-refractivity contribution in [2.75, 3.05) is 13.1 Å². The second-order valence-electron chi connectivity index (χ2n) is 10.3. The van der Waals surface area contributed by atoms with Crippen LogP contribution in [0.5, 0.6) is 0 Å². The molecule has 1 atom stereocenters. The minimum atomic E-state index is 0. The molecule has 0 radical (unpaired) electrons. The van der Waals surface area contributed by atoms with Gasteiger partial charge in [0.1, 0.15) is 0 Å². The maximum absolute atomic E-state index is 13.0. The van der Waals surface area contributed by atoms with Gasteiger partial charge in [-0.15, -0.1) is 0 Å². The molecule has 1 saturated heterocycles. The van der Waals surface area contributed by atoms with E-state index in [1.54, 1.807) is 0 Å². The second kappa shape index (κ2) is 13.0. The van der Waals surface area contributed by atoms with Gasteiger partial charge in [-0.2, -0.15) is 0 Å². The van der Waals surface area contributed by atoms with E-state index in [0.29, 0.717) is 5.92 Å². The lowest BCUT2D eigenvalue weighted by Gasteiger charge is -2.20. The number of allylic oxidation sites excluding steroid dienone is 2. The predicted molar refractivity (Wildman–Crippen MR) is 162 cm³/mol. The first-order valence-corrected chi connectivity index (χ1v) is 14.1. The first kappa shape index (κ1) is 29.3. The number of carbonyl (C=O) groups is 1. The lowest BCUT2D eigenvalue weighted by Crippen LogP contribution is -2.27. The fourth-order valence-electron chi connectivity index (χ4n) is 6.06. The second-order valence-corrected chi connectivity index (χ2v) is 10.3. The molecule has 4 heteroatoms. The number of benzene rings is 2. The molecule has 0 bridgehead atoms. The van der Waals surface area contributed by atoms with Crippen molar-refractivity contribution in [3.63, 3.8) is 0 Å². The Morgan fingerprint density at radius 2 is 1.55 bits per heavy atom. The van der Waals surface area contributed by atoms with Crippen molar-refractivity contribution in [3.8, 4) is 11.1 Å². The molecule has 1 unspecified atom stereocenters. The van der Waals surface area contributed by atoms with E-state index in [1.165, 1.54) is 33.4 Å². The highest BCUT2D eigenvalue weighted by Gasteiger charge is 2.24. The molecule has 1 fully saturated rings. The largest absolute Gasteiger partial charge is 0.344 e. The minimum absolute atomic E-state index is 0. The summed E-state index contributed by atoms with van der Waals surface area (Å²) in [5.74, 6) is 0.699.